The number of amides is 1. The van der Waals surface area contributed by atoms with E-state index in [1.165, 1.54) is 5.56 Å². The summed E-state index contributed by atoms with van der Waals surface area (Å²) < 4.78 is 0. The third-order valence-electron chi connectivity index (χ3n) is 2.63. The highest BCUT2D eigenvalue weighted by Gasteiger charge is 2.06. The molecule has 0 spiro atoms. The number of aryl methyl sites for hydroxylation is 1. The Balaban J connectivity index is 2.19. The van der Waals surface area contributed by atoms with Crippen molar-refractivity contribution < 1.29 is 4.79 Å². The molecule has 0 aliphatic rings. The van der Waals surface area contributed by atoms with Gasteiger partial charge in [0.25, 0.3) is 0 Å². The molecule has 18 heavy (non-hydrogen) atoms. The van der Waals surface area contributed by atoms with E-state index in [-0.39, 0.29) is 18.5 Å². The van der Waals surface area contributed by atoms with E-state index in [4.69, 9.17) is 6.42 Å². The molecule has 3 nitrogen and oxygen atoms in total. The molecule has 0 fully saturated rings. The van der Waals surface area contributed by atoms with Crippen LogP contribution in [0.3, 0.4) is 0 Å². The number of hydrogen-bond acceptors (Lipinski definition) is 2. The molecule has 0 radical (unpaired) electrons. The van der Waals surface area contributed by atoms with Crippen LogP contribution in [0.2, 0.25) is 0 Å². The zero-order valence-electron chi connectivity index (χ0n) is 10.8. The zero-order chi connectivity index (χ0) is 13.2. The molecule has 0 bridgehead atoms. The zero-order valence-corrected chi connectivity index (χ0v) is 10.8. The molecule has 1 rings (SSSR count). The fourth-order valence-electron chi connectivity index (χ4n) is 1.67. The third kappa shape index (κ3) is 6.07. The van der Waals surface area contributed by atoms with E-state index in [0.717, 1.165) is 12.8 Å². The van der Waals surface area contributed by atoms with Crippen LogP contribution in [0, 0.1) is 12.3 Å². The molecule has 0 heterocycles. The summed E-state index contributed by atoms with van der Waals surface area (Å²) >= 11 is 0. The number of carbonyl (C=O) groups excluding carboxylic acids is 1. The molecule has 0 saturated carbocycles. The van der Waals surface area contributed by atoms with Crippen molar-refractivity contribution in [2.45, 2.75) is 25.8 Å². The van der Waals surface area contributed by atoms with Crippen LogP contribution in [0.15, 0.2) is 30.3 Å². The van der Waals surface area contributed by atoms with Gasteiger partial charge in [0, 0.05) is 6.04 Å². The molecule has 1 atom stereocenters. The van der Waals surface area contributed by atoms with Gasteiger partial charge in [-0.2, -0.15) is 0 Å². The molecular formula is C15H20N2O. The van der Waals surface area contributed by atoms with E-state index >= 15 is 0 Å². The van der Waals surface area contributed by atoms with Gasteiger partial charge in [-0.25, -0.2) is 0 Å². The van der Waals surface area contributed by atoms with E-state index in [2.05, 4.69) is 28.7 Å². The summed E-state index contributed by atoms with van der Waals surface area (Å²) in [5.74, 6) is 2.42. The fraction of sp³-hybridized carbons (Fsp3) is 0.400. The van der Waals surface area contributed by atoms with Gasteiger partial charge in [-0.15, -0.1) is 6.42 Å². The summed E-state index contributed by atoms with van der Waals surface area (Å²) in [6, 6.07) is 10.4. The Morgan fingerprint density at radius 1 is 1.39 bits per heavy atom. The van der Waals surface area contributed by atoms with Crippen molar-refractivity contribution in [3.05, 3.63) is 35.9 Å². The molecule has 1 amide bonds. The summed E-state index contributed by atoms with van der Waals surface area (Å²) in [6.07, 6.45) is 6.99. The molecule has 1 aromatic carbocycles. The Hall–Kier alpha value is -1.79. The first kappa shape index (κ1) is 14.3. The van der Waals surface area contributed by atoms with Crippen LogP contribution < -0.4 is 10.6 Å². The van der Waals surface area contributed by atoms with Crippen molar-refractivity contribution in [1.82, 2.24) is 10.6 Å². The number of nitrogens with one attached hydrogen (secondary N) is 2. The molecule has 2 N–H and O–H groups in total. The lowest BCUT2D eigenvalue weighted by Gasteiger charge is -2.13. The molecule has 0 aromatic heterocycles. The van der Waals surface area contributed by atoms with Crippen LogP contribution in [0.4, 0.5) is 0 Å². The molecule has 0 aliphatic heterocycles. The second kappa shape index (κ2) is 8.32. The molecule has 96 valence electrons. The molecule has 1 aromatic rings. The summed E-state index contributed by atoms with van der Waals surface area (Å²) in [5, 5.41) is 5.80. The number of terminal acetylenes is 1. The van der Waals surface area contributed by atoms with Gasteiger partial charge >= 0.3 is 0 Å². The van der Waals surface area contributed by atoms with E-state index in [1.807, 2.05) is 25.1 Å². The van der Waals surface area contributed by atoms with Crippen molar-refractivity contribution in [1.29, 1.82) is 0 Å². The van der Waals surface area contributed by atoms with Crippen molar-refractivity contribution in [2.24, 2.45) is 0 Å². The van der Waals surface area contributed by atoms with Crippen LogP contribution in [0.1, 0.15) is 18.9 Å². The Bertz CT molecular complexity index is 395. The quantitative estimate of drug-likeness (QED) is 0.561. The van der Waals surface area contributed by atoms with Crippen LogP contribution >= 0.6 is 0 Å². The lowest BCUT2D eigenvalue weighted by molar-refractivity contribution is -0.120. The first-order valence-corrected chi connectivity index (χ1v) is 6.20. The number of rotatable bonds is 7. The van der Waals surface area contributed by atoms with Crippen molar-refractivity contribution in [3.63, 3.8) is 0 Å². The van der Waals surface area contributed by atoms with Crippen molar-refractivity contribution in [2.75, 3.05) is 13.1 Å². The van der Waals surface area contributed by atoms with Gasteiger partial charge in [0.2, 0.25) is 5.91 Å². The van der Waals surface area contributed by atoms with Crippen LogP contribution in [0.5, 0.6) is 0 Å². The fourth-order valence-corrected chi connectivity index (χ4v) is 1.67. The van der Waals surface area contributed by atoms with Gasteiger partial charge in [0.05, 0.1) is 13.1 Å². The van der Waals surface area contributed by atoms with Gasteiger partial charge < -0.3 is 5.32 Å². The summed E-state index contributed by atoms with van der Waals surface area (Å²) in [7, 11) is 0. The third-order valence-corrected chi connectivity index (χ3v) is 2.63. The molecule has 3 heteroatoms. The van der Waals surface area contributed by atoms with E-state index < -0.39 is 0 Å². The second-order valence-corrected chi connectivity index (χ2v) is 4.30. The minimum Gasteiger partial charge on any atom is -0.353 e. The Kier molecular flexibility index (Phi) is 6.60. The first-order valence-electron chi connectivity index (χ1n) is 6.20. The van der Waals surface area contributed by atoms with E-state index in [9.17, 15) is 4.79 Å². The second-order valence-electron chi connectivity index (χ2n) is 4.30. The number of benzene rings is 1. The normalized spacial score (nSPS) is 11.6. The lowest BCUT2D eigenvalue weighted by atomic mass is 10.1. The Morgan fingerprint density at radius 2 is 2.11 bits per heavy atom. The molecule has 0 aliphatic carbocycles. The van der Waals surface area contributed by atoms with Crippen LogP contribution in [-0.4, -0.2) is 25.0 Å². The van der Waals surface area contributed by atoms with Gasteiger partial charge in [0.1, 0.15) is 0 Å². The topological polar surface area (TPSA) is 41.1 Å². The smallest absolute Gasteiger partial charge is 0.234 e. The minimum absolute atomic E-state index is 0.00851. The SMILES string of the molecule is C#CCNCC(=O)N[C@@H](C)CCc1ccccc1. The highest BCUT2D eigenvalue weighted by atomic mass is 16.1. The first-order chi connectivity index (χ1) is 8.72. The maximum atomic E-state index is 11.5. The molecular weight excluding hydrogens is 224 g/mol. The number of hydrogen-bond donors (Lipinski definition) is 2. The maximum absolute atomic E-state index is 11.5. The standard InChI is InChI=1S/C15H20N2O/c1-3-11-16-12-15(18)17-13(2)9-10-14-7-5-4-6-8-14/h1,4-8,13,16H,9-12H2,2H3,(H,17,18)/t13-/m0/s1. The van der Waals surface area contributed by atoms with Crippen molar-refractivity contribution >= 4 is 5.91 Å². The largest absolute Gasteiger partial charge is 0.353 e. The Labute approximate surface area is 109 Å². The Morgan fingerprint density at radius 3 is 2.78 bits per heavy atom. The highest BCUT2D eigenvalue weighted by molar-refractivity contribution is 5.78. The van der Waals surface area contributed by atoms with Gasteiger partial charge in [-0.3, -0.25) is 10.1 Å². The van der Waals surface area contributed by atoms with Crippen LogP contribution in [-0.2, 0) is 11.2 Å². The number of carbonyl (C=O) groups is 1. The van der Waals surface area contributed by atoms with Gasteiger partial charge in [-0.1, -0.05) is 36.3 Å². The summed E-state index contributed by atoms with van der Waals surface area (Å²) in [4.78, 5) is 11.5. The summed E-state index contributed by atoms with van der Waals surface area (Å²) in [6.45, 7) is 2.72. The monoisotopic (exact) mass is 244 g/mol. The van der Waals surface area contributed by atoms with E-state index in [1.54, 1.807) is 0 Å². The average Bonchev–Trinajstić information content (AvgIpc) is 2.38. The predicted octanol–water partition coefficient (Wildman–Crippen LogP) is 1.35. The minimum atomic E-state index is -0.00851. The summed E-state index contributed by atoms with van der Waals surface area (Å²) in [5.41, 5.74) is 1.30. The molecule has 0 unspecified atom stereocenters. The maximum Gasteiger partial charge on any atom is 0.234 e. The van der Waals surface area contributed by atoms with Gasteiger partial charge in [0.15, 0.2) is 0 Å². The molecule has 0 saturated heterocycles. The lowest BCUT2D eigenvalue weighted by Crippen LogP contribution is -2.39. The van der Waals surface area contributed by atoms with Crippen molar-refractivity contribution in [3.8, 4) is 12.3 Å². The van der Waals surface area contributed by atoms with E-state index in [0.29, 0.717) is 6.54 Å². The highest BCUT2D eigenvalue weighted by Crippen LogP contribution is 2.04. The predicted molar refractivity (Wildman–Crippen MR) is 74.1 cm³/mol. The van der Waals surface area contributed by atoms with Crippen LogP contribution in [0.25, 0.3) is 0 Å². The average molecular weight is 244 g/mol. The van der Waals surface area contributed by atoms with Gasteiger partial charge in [-0.05, 0) is 25.3 Å².